The molecule has 0 saturated heterocycles. The van der Waals surface area contributed by atoms with Crippen molar-refractivity contribution in [3.8, 4) is 11.7 Å². The number of hydrogen-bond acceptors (Lipinski definition) is 6. The third-order valence-electron chi connectivity index (χ3n) is 2.88. The maximum atomic E-state index is 13.7. The lowest BCUT2D eigenvalue weighted by atomic mass is 10.2. The van der Waals surface area contributed by atoms with E-state index in [4.69, 9.17) is 8.83 Å². The minimum absolute atomic E-state index is 0.0198. The highest BCUT2D eigenvalue weighted by atomic mass is 32.2. The summed E-state index contributed by atoms with van der Waals surface area (Å²) in [6.07, 6.45) is 1.38. The van der Waals surface area contributed by atoms with Gasteiger partial charge in [-0.1, -0.05) is 5.10 Å². The largest absolute Gasteiger partial charge is 0.459 e. The molecule has 0 amide bonds. The van der Waals surface area contributed by atoms with Crippen molar-refractivity contribution >= 4 is 16.0 Å². The molecule has 0 saturated carbocycles. The third-order valence-corrected chi connectivity index (χ3v) is 4.22. The van der Waals surface area contributed by atoms with Gasteiger partial charge < -0.3 is 8.83 Å². The first-order valence-corrected chi connectivity index (χ1v) is 7.71. The van der Waals surface area contributed by atoms with E-state index >= 15 is 0 Å². The molecule has 0 atom stereocenters. The van der Waals surface area contributed by atoms with Crippen molar-refractivity contribution in [2.45, 2.75) is 11.8 Å². The average molecular weight is 341 g/mol. The fourth-order valence-corrected chi connectivity index (χ4v) is 2.84. The molecule has 2 heterocycles. The number of anilines is 1. The fourth-order valence-electron chi connectivity index (χ4n) is 1.77. The number of sulfonamides is 1. The predicted molar refractivity (Wildman–Crippen MR) is 73.9 cm³/mol. The summed E-state index contributed by atoms with van der Waals surface area (Å²) >= 11 is 0. The van der Waals surface area contributed by atoms with Gasteiger partial charge in [-0.2, -0.15) is 0 Å². The van der Waals surface area contributed by atoms with E-state index in [-0.39, 0.29) is 17.2 Å². The van der Waals surface area contributed by atoms with Gasteiger partial charge in [-0.25, -0.2) is 21.9 Å². The molecule has 0 spiro atoms. The summed E-state index contributed by atoms with van der Waals surface area (Å²) in [6.45, 7) is 1.31. The van der Waals surface area contributed by atoms with E-state index in [0.29, 0.717) is 6.07 Å². The second-order valence-electron chi connectivity index (χ2n) is 4.53. The Morgan fingerprint density at radius 2 is 1.96 bits per heavy atom. The summed E-state index contributed by atoms with van der Waals surface area (Å²) in [5.41, 5.74) is -0.0198. The molecule has 0 unspecified atom stereocenters. The summed E-state index contributed by atoms with van der Waals surface area (Å²) in [4.78, 5) is -0.728. The first kappa shape index (κ1) is 15.2. The molecule has 0 aliphatic heterocycles. The molecule has 23 heavy (non-hydrogen) atoms. The monoisotopic (exact) mass is 341 g/mol. The second kappa shape index (κ2) is 5.47. The molecule has 10 heteroatoms. The minimum Gasteiger partial charge on any atom is -0.459 e. The van der Waals surface area contributed by atoms with Crippen molar-refractivity contribution in [3.63, 3.8) is 0 Å². The van der Waals surface area contributed by atoms with Gasteiger partial charge in [0.05, 0.1) is 6.26 Å². The van der Waals surface area contributed by atoms with Crippen molar-refractivity contribution in [2.75, 3.05) is 4.72 Å². The molecule has 7 nitrogen and oxygen atoms in total. The van der Waals surface area contributed by atoms with Crippen LogP contribution in [0.2, 0.25) is 0 Å². The molecule has 120 valence electrons. The van der Waals surface area contributed by atoms with Crippen LogP contribution in [0.5, 0.6) is 0 Å². The molecule has 3 aromatic rings. The van der Waals surface area contributed by atoms with Gasteiger partial charge in [0, 0.05) is 6.07 Å². The number of aryl methyl sites for hydroxylation is 1. The van der Waals surface area contributed by atoms with E-state index < -0.39 is 32.6 Å². The number of hydrogen-bond donors (Lipinski definition) is 1. The van der Waals surface area contributed by atoms with Gasteiger partial charge in [0.15, 0.2) is 5.76 Å². The third kappa shape index (κ3) is 2.93. The van der Waals surface area contributed by atoms with E-state index in [2.05, 4.69) is 10.2 Å². The molecule has 0 radical (unpaired) electrons. The first-order valence-electron chi connectivity index (χ1n) is 6.22. The molecule has 2 aromatic heterocycles. The smallest absolute Gasteiger partial charge is 0.330 e. The lowest BCUT2D eigenvalue weighted by molar-refractivity contribution is 0.523. The highest BCUT2D eigenvalue weighted by Crippen LogP contribution is 2.24. The summed E-state index contributed by atoms with van der Waals surface area (Å²) in [5.74, 6) is -1.89. The van der Waals surface area contributed by atoms with Crippen LogP contribution in [0.15, 0.2) is 44.3 Å². The Morgan fingerprint density at radius 3 is 2.65 bits per heavy atom. The Bertz CT molecular complexity index is 952. The van der Waals surface area contributed by atoms with Crippen LogP contribution in [0, 0.1) is 18.6 Å². The van der Waals surface area contributed by atoms with Crippen molar-refractivity contribution < 1.29 is 26.0 Å². The quantitative estimate of drug-likeness (QED) is 0.783. The molecule has 0 aliphatic carbocycles. The van der Waals surface area contributed by atoms with Gasteiger partial charge in [0.25, 0.3) is 15.9 Å². The Kier molecular flexibility index (Phi) is 3.60. The number of halogens is 2. The summed E-state index contributed by atoms with van der Waals surface area (Å²) in [6, 6.07) is 4.01. The first-order chi connectivity index (χ1) is 10.9. The summed E-state index contributed by atoms with van der Waals surface area (Å²) < 4.78 is 63.3. The standard InChI is InChI=1S/C13H9F2N3O4S/c1-7-5-11(9(15)6-8(7)14)23(19,20)18-13-17-16-12(22-13)10-3-2-4-21-10/h2-6H,1H3,(H,17,18). The molecule has 0 aliphatic rings. The zero-order valence-corrected chi connectivity index (χ0v) is 12.4. The summed E-state index contributed by atoms with van der Waals surface area (Å²) in [7, 11) is -4.36. The van der Waals surface area contributed by atoms with Crippen LogP contribution in [-0.4, -0.2) is 18.6 Å². The van der Waals surface area contributed by atoms with E-state index in [9.17, 15) is 17.2 Å². The number of rotatable bonds is 4. The Balaban J connectivity index is 1.92. The van der Waals surface area contributed by atoms with Crippen LogP contribution in [0.4, 0.5) is 14.8 Å². The highest BCUT2D eigenvalue weighted by Gasteiger charge is 2.24. The second-order valence-corrected chi connectivity index (χ2v) is 6.18. The van der Waals surface area contributed by atoms with Crippen molar-refractivity contribution in [1.82, 2.24) is 10.2 Å². The SMILES string of the molecule is Cc1cc(S(=O)(=O)Nc2nnc(-c3ccco3)o2)c(F)cc1F. The van der Waals surface area contributed by atoms with Crippen molar-refractivity contribution in [3.05, 3.63) is 47.7 Å². The number of nitrogens with zero attached hydrogens (tertiary/aromatic N) is 2. The molecular formula is C13H9F2N3O4S. The number of nitrogens with one attached hydrogen (secondary N) is 1. The molecule has 1 N–H and O–H groups in total. The van der Waals surface area contributed by atoms with Crippen LogP contribution in [-0.2, 0) is 10.0 Å². The van der Waals surface area contributed by atoms with Crippen LogP contribution in [0.1, 0.15) is 5.56 Å². The molecule has 0 fully saturated rings. The average Bonchev–Trinajstić information content (AvgIpc) is 3.12. The lowest BCUT2D eigenvalue weighted by Gasteiger charge is -2.07. The zero-order valence-electron chi connectivity index (χ0n) is 11.6. The van der Waals surface area contributed by atoms with Gasteiger partial charge >= 0.3 is 6.01 Å². The Hall–Kier alpha value is -2.75. The Labute approximate surface area is 129 Å². The predicted octanol–water partition coefficient (Wildman–Crippen LogP) is 2.72. The van der Waals surface area contributed by atoms with Crippen LogP contribution in [0.25, 0.3) is 11.7 Å². The number of aromatic nitrogens is 2. The number of furan rings is 1. The highest BCUT2D eigenvalue weighted by molar-refractivity contribution is 7.92. The fraction of sp³-hybridized carbons (Fsp3) is 0.0769. The van der Waals surface area contributed by atoms with Gasteiger partial charge in [-0.05, 0) is 30.7 Å². The van der Waals surface area contributed by atoms with Crippen LogP contribution in [0.3, 0.4) is 0 Å². The van der Waals surface area contributed by atoms with Crippen molar-refractivity contribution in [2.24, 2.45) is 0 Å². The maximum Gasteiger partial charge on any atom is 0.330 e. The van der Waals surface area contributed by atoms with E-state index in [1.54, 1.807) is 6.07 Å². The van der Waals surface area contributed by atoms with E-state index in [0.717, 1.165) is 6.07 Å². The molecule has 3 rings (SSSR count). The molecule has 1 aromatic carbocycles. The zero-order chi connectivity index (χ0) is 16.6. The minimum atomic E-state index is -4.36. The number of benzene rings is 1. The lowest BCUT2D eigenvalue weighted by Crippen LogP contribution is -2.15. The summed E-state index contributed by atoms with van der Waals surface area (Å²) in [5, 5.41) is 7.09. The normalized spacial score (nSPS) is 11.6. The van der Waals surface area contributed by atoms with Crippen LogP contribution >= 0.6 is 0 Å². The van der Waals surface area contributed by atoms with Gasteiger partial charge in [0.1, 0.15) is 16.5 Å². The van der Waals surface area contributed by atoms with Crippen LogP contribution < -0.4 is 4.72 Å². The maximum absolute atomic E-state index is 13.7. The topological polar surface area (TPSA) is 98.2 Å². The molecular weight excluding hydrogens is 332 g/mol. The molecule has 0 bridgehead atoms. The van der Waals surface area contributed by atoms with Gasteiger partial charge in [0.2, 0.25) is 0 Å². The van der Waals surface area contributed by atoms with E-state index in [1.807, 2.05) is 4.72 Å². The van der Waals surface area contributed by atoms with Gasteiger partial charge in [-0.15, -0.1) is 5.10 Å². The van der Waals surface area contributed by atoms with Crippen molar-refractivity contribution in [1.29, 1.82) is 0 Å². The Morgan fingerprint density at radius 1 is 1.17 bits per heavy atom. The van der Waals surface area contributed by atoms with E-state index in [1.165, 1.54) is 19.3 Å². The van der Waals surface area contributed by atoms with Gasteiger partial charge in [-0.3, -0.25) is 0 Å².